The van der Waals surface area contributed by atoms with Gasteiger partial charge in [-0.2, -0.15) is 0 Å². The molecule has 0 aromatic carbocycles. The van der Waals surface area contributed by atoms with E-state index in [1.54, 1.807) is 4.90 Å². The highest BCUT2D eigenvalue weighted by Crippen LogP contribution is 2.34. The Hall–Kier alpha value is -3.44. The second-order valence-corrected chi connectivity index (χ2v) is 15.9. The van der Waals surface area contributed by atoms with Gasteiger partial charge in [-0.15, -0.1) is 6.58 Å². The molecule has 50 heavy (non-hydrogen) atoms. The largest absolute Gasteiger partial charge is 0.346 e. The monoisotopic (exact) mass is 700 g/mol. The standard InChI is InChI=1S/C38H64N6O6/c1-8-10-18-28(33(46)35(48)39-21-9-2)40-34(47)32-27(25(3)4)20-23-44(32)36(49)31(26-16-12-11-13-17-26)42-37(50)41-29(38(5,6)7)24-43-22-15-14-19-30(43)45/h9,25-29,31-32H,2,8,10-24H2,1,3-7H3,(H,39,48)(H,40,47)(H2,41,42,50)/t27-,28?,29-,31+,32+/m1/s1. The highest BCUT2D eigenvalue weighted by Gasteiger charge is 2.47. The number of hydrogen-bond donors (Lipinski definition) is 4. The van der Waals surface area contributed by atoms with Gasteiger partial charge in [0.05, 0.1) is 12.1 Å². The van der Waals surface area contributed by atoms with Gasteiger partial charge in [-0.25, -0.2) is 4.79 Å². The Kier molecular flexibility index (Phi) is 15.8. The summed E-state index contributed by atoms with van der Waals surface area (Å²) >= 11 is 0. The first kappa shape index (κ1) is 41.0. The van der Waals surface area contributed by atoms with Crippen LogP contribution in [0.15, 0.2) is 12.7 Å². The van der Waals surface area contributed by atoms with E-state index in [0.717, 1.165) is 51.4 Å². The van der Waals surface area contributed by atoms with E-state index in [1.807, 2.05) is 46.4 Å². The quantitative estimate of drug-likeness (QED) is 0.140. The van der Waals surface area contributed by atoms with Gasteiger partial charge >= 0.3 is 6.03 Å². The first-order valence-electron chi connectivity index (χ1n) is 19.1. The van der Waals surface area contributed by atoms with Crippen molar-refractivity contribution in [3.8, 4) is 0 Å². The SMILES string of the molecule is C=CCNC(=O)C(=O)C(CCCC)NC(=O)[C@@H]1[C@@H](C(C)C)CCN1C(=O)[C@@H](NC(=O)N[C@H](CN1CCCCC1=O)C(C)(C)C)C1CCCCC1. The summed E-state index contributed by atoms with van der Waals surface area (Å²) in [7, 11) is 0. The number of nitrogens with one attached hydrogen (secondary N) is 4. The van der Waals surface area contributed by atoms with Gasteiger partial charge in [0, 0.05) is 32.6 Å². The normalized spacial score (nSPS) is 22.0. The Bertz CT molecular complexity index is 1210. The zero-order valence-corrected chi connectivity index (χ0v) is 31.5. The van der Waals surface area contributed by atoms with Crippen LogP contribution < -0.4 is 21.3 Å². The van der Waals surface area contributed by atoms with Crippen molar-refractivity contribution >= 4 is 35.4 Å². The van der Waals surface area contributed by atoms with Crippen LogP contribution in [-0.4, -0.2) is 95.6 Å². The number of piperidine rings is 1. The Balaban J connectivity index is 1.85. The second-order valence-electron chi connectivity index (χ2n) is 15.9. The van der Waals surface area contributed by atoms with Crippen molar-refractivity contribution in [1.82, 2.24) is 31.1 Å². The molecule has 12 heteroatoms. The molecule has 0 bridgehead atoms. The number of carbonyl (C=O) groups excluding carboxylic acids is 6. The summed E-state index contributed by atoms with van der Waals surface area (Å²) in [6.07, 6.45) is 10.7. The summed E-state index contributed by atoms with van der Waals surface area (Å²) in [5.74, 6) is -2.34. The molecular formula is C38H64N6O6. The molecule has 6 amide bonds. The third-order valence-corrected chi connectivity index (χ3v) is 10.8. The molecule has 2 aliphatic heterocycles. The van der Waals surface area contributed by atoms with Gasteiger partial charge in [-0.3, -0.25) is 24.0 Å². The first-order valence-corrected chi connectivity index (χ1v) is 19.1. The molecule has 3 fully saturated rings. The summed E-state index contributed by atoms with van der Waals surface area (Å²) in [6.45, 7) is 17.2. The van der Waals surface area contributed by atoms with E-state index in [2.05, 4.69) is 27.8 Å². The van der Waals surface area contributed by atoms with E-state index in [4.69, 9.17) is 0 Å². The van der Waals surface area contributed by atoms with Crippen molar-refractivity contribution in [1.29, 1.82) is 0 Å². The van der Waals surface area contributed by atoms with E-state index >= 15 is 0 Å². The van der Waals surface area contributed by atoms with E-state index in [-0.39, 0.29) is 47.6 Å². The van der Waals surface area contributed by atoms with Crippen molar-refractivity contribution in [2.24, 2.45) is 23.2 Å². The van der Waals surface area contributed by atoms with Crippen molar-refractivity contribution in [2.45, 2.75) is 143 Å². The lowest BCUT2D eigenvalue weighted by Crippen LogP contribution is -2.61. The minimum absolute atomic E-state index is 0.0682. The van der Waals surface area contributed by atoms with Crippen molar-refractivity contribution < 1.29 is 28.8 Å². The maximum Gasteiger partial charge on any atom is 0.315 e. The number of amides is 6. The topological polar surface area (TPSA) is 157 Å². The van der Waals surface area contributed by atoms with Crippen LogP contribution in [0.1, 0.15) is 119 Å². The Morgan fingerprint density at radius 1 is 0.940 bits per heavy atom. The number of carbonyl (C=O) groups is 6. The van der Waals surface area contributed by atoms with Crippen LogP contribution in [0.2, 0.25) is 0 Å². The lowest BCUT2D eigenvalue weighted by molar-refractivity contribution is -0.144. The molecule has 12 nitrogen and oxygen atoms in total. The van der Waals surface area contributed by atoms with Crippen LogP contribution in [0, 0.1) is 23.2 Å². The Morgan fingerprint density at radius 3 is 2.24 bits per heavy atom. The number of likely N-dealkylation sites (tertiary alicyclic amines) is 2. The highest BCUT2D eigenvalue weighted by molar-refractivity contribution is 6.38. The molecular weight excluding hydrogens is 636 g/mol. The van der Waals surface area contributed by atoms with Gasteiger partial charge in [0.2, 0.25) is 23.5 Å². The fourth-order valence-electron chi connectivity index (χ4n) is 7.62. The maximum atomic E-state index is 14.6. The molecule has 3 aliphatic rings. The summed E-state index contributed by atoms with van der Waals surface area (Å²) in [6, 6.07) is -3.51. The molecule has 2 saturated heterocycles. The molecule has 3 rings (SSSR count). The molecule has 0 radical (unpaired) electrons. The zero-order valence-electron chi connectivity index (χ0n) is 31.5. The minimum atomic E-state index is -1.02. The first-order chi connectivity index (χ1) is 23.7. The zero-order chi connectivity index (χ0) is 37.0. The number of Topliss-reactive ketones (excluding diaryl/α,β-unsaturated/α-hetero) is 1. The van der Waals surface area contributed by atoms with Gasteiger partial charge in [0.25, 0.3) is 5.91 Å². The summed E-state index contributed by atoms with van der Waals surface area (Å²) in [5, 5.41) is 11.5. The average Bonchev–Trinajstić information content (AvgIpc) is 3.54. The second kappa shape index (κ2) is 19.2. The van der Waals surface area contributed by atoms with Crippen LogP contribution in [0.4, 0.5) is 4.79 Å². The molecule has 5 atom stereocenters. The van der Waals surface area contributed by atoms with E-state index in [9.17, 15) is 28.8 Å². The number of ketones is 1. The smallest absolute Gasteiger partial charge is 0.315 e. The van der Waals surface area contributed by atoms with E-state index < -0.39 is 41.8 Å². The van der Waals surface area contributed by atoms with Crippen molar-refractivity contribution in [3.63, 3.8) is 0 Å². The number of urea groups is 1. The van der Waals surface area contributed by atoms with Crippen LogP contribution >= 0.6 is 0 Å². The van der Waals surface area contributed by atoms with Crippen LogP contribution in [0.3, 0.4) is 0 Å². The maximum absolute atomic E-state index is 14.6. The molecule has 1 saturated carbocycles. The van der Waals surface area contributed by atoms with Crippen LogP contribution in [0.25, 0.3) is 0 Å². The Morgan fingerprint density at radius 2 is 1.64 bits per heavy atom. The summed E-state index contributed by atoms with van der Waals surface area (Å²) < 4.78 is 0. The van der Waals surface area contributed by atoms with Gasteiger partial charge in [0.1, 0.15) is 12.1 Å². The fourth-order valence-corrected chi connectivity index (χ4v) is 7.62. The third kappa shape index (κ3) is 11.3. The molecule has 282 valence electrons. The molecule has 2 heterocycles. The Labute approximate surface area is 299 Å². The molecule has 4 N–H and O–H groups in total. The predicted molar refractivity (Wildman–Crippen MR) is 194 cm³/mol. The average molecular weight is 701 g/mol. The number of nitrogens with zero attached hydrogens (tertiary/aromatic N) is 2. The molecule has 0 aromatic rings. The molecule has 1 aliphatic carbocycles. The number of unbranched alkanes of at least 4 members (excludes halogenated alkanes) is 1. The van der Waals surface area contributed by atoms with Gasteiger partial charge < -0.3 is 31.1 Å². The van der Waals surface area contributed by atoms with E-state index in [0.29, 0.717) is 45.3 Å². The van der Waals surface area contributed by atoms with Gasteiger partial charge in [-0.1, -0.05) is 79.7 Å². The van der Waals surface area contributed by atoms with Crippen LogP contribution in [0.5, 0.6) is 0 Å². The third-order valence-electron chi connectivity index (χ3n) is 10.8. The highest BCUT2D eigenvalue weighted by atomic mass is 16.2. The lowest BCUT2D eigenvalue weighted by Gasteiger charge is -2.39. The molecule has 0 aromatic heterocycles. The fraction of sp³-hybridized carbons (Fsp3) is 0.789. The van der Waals surface area contributed by atoms with Gasteiger partial charge in [0.15, 0.2) is 0 Å². The van der Waals surface area contributed by atoms with Crippen molar-refractivity contribution in [3.05, 3.63) is 12.7 Å². The summed E-state index contributed by atoms with van der Waals surface area (Å²) in [5.41, 5.74) is -0.351. The predicted octanol–water partition coefficient (Wildman–Crippen LogP) is 4.08. The lowest BCUT2D eigenvalue weighted by atomic mass is 9.82. The molecule has 0 spiro atoms. The minimum Gasteiger partial charge on any atom is -0.346 e. The summed E-state index contributed by atoms with van der Waals surface area (Å²) in [4.78, 5) is 84.4. The number of rotatable bonds is 16. The van der Waals surface area contributed by atoms with Gasteiger partial charge in [-0.05, 0) is 61.7 Å². The van der Waals surface area contributed by atoms with Crippen molar-refractivity contribution in [2.75, 3.05) is 26.2 Å². The molecule has 1 unspecified atom stereocenters. The van der Waals surface area contributed by atoms with E-state index in [1.165, 1.54) is 6.08 Å². The van der Waals surface area contributed by atoms with Crippen LogP contribution in [-0.2, 0) is 24.0 Å². The number of hydrogen-bond acceptors (Lipinski definition) is 6.